The van der Waals surface area contributed by atoms with E-state index in [1.807, 2.05) is 0 Å². The van der Waals surface area contributed by atoms with Gasteiger partial charge in [0, 0.05) is 11.7 Å². The Morgan fingerprint density at radius 1 is 1.44 bits per heavy atom. The molecular formula is C15H24N2O. The molecule has 2 rings (SSSR count). The molecule has 2 aliphatic heterocycles. The fourth-order valence-electron chi connectivity index (χ4n) is 2.74. The molecule has 18 heavy (non-hydrogen) atoms. The molecule has 0 aromatic carbocycles. The molecule has 100 valence electrons. The second kappa shape index (κ2) is 5.70. The SMILES string of the molecule is CC/C(C)=C\C1=C(C)CC(=O)N1C1CCNCC1. The molecule has 0 bridgehead atoms. The lowest BCUT2D eigenvalue weighted by atomic mass is 10.0. The Labute approximate surface area is 110 Å². The topological polar surface area (TPSA) is 32.3 Å². The summed E-state index contributed by atoms with van der Waals surface area (Å²) >= 11 is 0. The molecule has 0 saturated carbocycles. The first-order chi connectivity index (χ1) is 8.63. The number of rotatable bonds is 3. The van der Waals surface area contributed by atoms with Gasteiger partial charge in [0.1, 0.15) is 0 Å². The zero-order valence-corrected chi connectivity index (χ0v) is 11.8. The molecule has 0 atom stereocenters. The number of carbonyl (C=O) groups is 1. The van der Waals surface area contributed by atoms with E-state index >= 15 is 0 Å². The van der Waals surface area contributed by atoms with Crippen LogP contribution in [0.25, 0.3) is 0 Å². The molecule has 3 heteroatoms. The molecule has 0 aromatic rings. The Morgan fingerprint density at radius 3 is 2.72 bits per heavy atom. The first kappa shape index (κ1) is 13.3. The van der Waals surface area contributed by atoms with E-state index < -0.39 is 0 Å². The minimum absolute atomic E-state index is 0.287. The first-order valence-corrected chi connectivity index (χ1v) is 7.03. The van der Waals surface area contributed by atoms with Gasteiger partial charge in [-0.2, -0.15) is 0 Å². The highest BCUT2D eigenvalue weighted by Crippen LogP contribution is 2.30. The summed E-state index contributed by atoms with van der Waals surface area (Å²) < 4.78 is 0. The largest absolute Gasteiger partial charge is 0.317 e. The molecule has 0 aliphatic carbocycles. The molecule has 0 aromatic heterocycles. The summed E-state index contributed by atoms with van der Waals surface area (Å²) in [4.78, 5) is 14.3. The number of nitrogens with zero attached hydrogens (tertiary/aromatic N) is 1. The Hall–Kier alpha value is -1.09. The van der Waals surface area contributed by atoms with Crippen LogP contribution < -0.4 is 5.32 Å². The number of carbonyl (C=O) groups excluding carboxylic acids is 1. The molecule has 1 N–H and O–H groups in total. The lowest BCUT2D eigenvalue weighted by Crippen LogP contribution is -2.43. The highest BCUT2D eigenvalue weighted by Gasteiger charge is 2.33. The van der Waals surface area contributed by atoms with E-state index in [0.717, 1.165) is 32.4 Å². The molecule has 0 spiro atoms. The van der Waals surface area contributed by atoms with Crippen LogP contribution >= 0.6 is 0 Å². The lowest BCUT2D eigenvalue weighted by molar-refractivity contribution is -0.129. The predicted octanol–water partition coefficient (Wildman–Crippen LogP) is 2.60. The van der Waals surface area contributed by atoms with Crippen LogP contribution in [0.5, 0.6) is 0 Å². The van der Waals surface area contributed by atoms with Gasteiger partial charge in [0.15, 0.2) is 0 Å². The van der Waals surface area contributed by atoms with E-state index in [0.29, 0.717) is 12.5 Å². The van der Waals surface area contributed by atoms with Crippen molar-refractivity contribution in [1.82, 2.24) is 10.2 Å². The summed E-state index contributed by atoms with van der Waals surface area (Å²) in [7, 11) is 0. The van der Waals surface area contributed by atoms with Gasteiger partial charge in [-0.05, 0) is 57.8 Å². The van der Waals surface area contributed by atoms with Crippen LogP contribution in [0, 0.1) is 0 Å². The van der Waals surface area contributed by atoms with E-state index in [1.54, 1.807) is 0 Å². The number of amides is 1. The molecule has 0 radical (unpaired) electrons. The Balaban J connectivity index is 2.23. The molecule has 1 fully saturated rings. The molecule has 3 nitrogen and oxygen atoms in total. The van der Waals surface area contributed by atoms with Crippen molar-refractivity contribution in [2.45, 2.75) is 52.5 Å². The van der Waals surface area contributed by atoms with Crippen molar-refractivity contribution in [3.05, 3.63) is 22.9 Å². The Kier molecular flexibility index (Phi) is 4.23. The molecule has 0 unspecified atom stereocenters. The molecular weight excluding hydrogens is 224 g/mol. The average Bonchev–Trinajstić information content (AvgIpc) is 2.65. The minimum Gasteiger partial charge on any atom is -0.317 e. The normalized spacial score (nSPS) is 23.2. The first-order valence-electron chi connectivity index (χ1n) is 7.03. The number of hydrogen-bond acceptors (Lipinski definition) is 2. The van der Waals surface area contributed by atoms with Crippen molar-refractivity contribution in [2.75, 3.05) is 13.1 Å². The van der Waals surface area contributed by atoms with Crippen LogP contribution in [0.4, 0.5) is 0 Å². The number of piperidine rings is 1. The summed E-state index contributed by atoms with van der Waals surface area (Å²) in [6.07, 6.45) is 6.00. The van der Waals surface area contributed by atoms with E-state index in [1.165, 1.54) is 16.8 Å². The zero-order valence-electron chi connectivity index (χ0n) is 11.8. The second-order valence-electron chi connectivity index (χ2n) is 5.43. The van der Waals surface area contributed by atoms with Gasteiger partial charge in [-0.15, -0.1) is 0 Å². The molecule has 2 aliphatic rings. The maximum absolute atomic E-state index is 12.2. The fourth-order valence-corrected chi connectivity index (χ4v) is 2.74. The van der Waals surface area contributed by atoms with Gasteiger partial charge < -0.3 is 10.2 Å². The Bertz CT molecular complexity index is 389. The summed E-state index contributed by atoms with van der Waals surface area (Å²) in [5, 5.41) is 3.36. The van der Waals surface area contributed by atoms with Crippen LogP contribution in [0.1, 0.15) is 46.5 Å². The van der Waals surface area contributed by atoms with Gasteiger partial charge in [-0.1, -0.05) is 12.5 Å². The number of hydrogen-bond donors (Lipinski definition) is 1. The summed E-state index contributed by atoms with van der Waals surface area (Å²) in [6.45, 7) is 8.44. The van der Waals surface area contributed by atoms with Gasteiger partial charge in [0.25, 0.3) is 0 Å². The smallest absolute Gasteiger partial charge is 0.231 e. The van der Waals surface area contributed by atoms with Crippen LogP contribution in [-0.2, 0) is 4.79 Å². The Morgan fingerprint density at radius 2 is 2.11 bits per heavy atom. The standard InChI is InChI=1S/C15H24N2O/c1-4-11(2)9-14-12(3)10-15(18)17(14)13-5-7-16-8-6-13/h9,13,16H,4-8,10H2,1-3H3/b11-9-. The summed E-state index contributed by atoms with van der Waals surface area (Å²) in [5.74, 6) is 0.287. The van der Waals surface area contributed by atoms with Crippen LogP contribution in [0.15, 0.2) is 22.9 Å². The summed E-state index contributed by atoms with van der Waals surface area (Å²) in [6, 6.07) is 0.395. The maximum atomic E-state index is 12.2. The third-order valence-corrected chi connectivity index (χ3v) is 4.00. The lowest BCUT2D eigenvalue weighted by Gasteiger charge is -2.33. The van der Waals surface area contributed by atoms with Crippen molar-refractivity contribution in [2.24, 2.45) is 0 Å². The maximum Gasteiger partial charge on any atom is 0.231 e. The summed E-state index contributed by atoms with van der Waals surface area (Å²) in [5.41, 5.74) is 3.75. The van der Waals surface area contributed by atoms with Gasteiger partial charge >= 0.3 is 0 Å². The van der Waals surface area contributed by atoms with Crippen LogP contribution in [0.2, 0.25) is 0 Å². The molecule has 2 heterocycles. The minimum atomic E-state index is 0.287. The van der Waals surface area contributed by atoms with Crippen LogP contribution in [0.3, 0.4) is 0 Å². The van der Waals surface area contributed by atoms with E-state index in [-0.39, 0.29) is 5.91 Å². The highest BCUT2D eigenvalue weighted by molar-refractivity contribution is 5.85. The van der Waals surface area contributed by atoms with Crippen LogP contribution in [-0.4, -0.2) is 29.9 Å². The van der Waals surface area contributed by atoms with E-state index in [4.69, 9.17) is 0 Å². The van der Waals surface area contributed by atoms with Crippen molar-refractivity contribution >= 4 is 5.91 Å². The van der Waals surface area contributed by atoms with Gasteiger partial charge in [-0.25, -0.2) is 0 Å². The van der Waals surface area contributed by atoms with E-state index in [9.17, 15) is 4.79 Å². The van der Waals surface area contributed by atoms with Crippen molar-refractivity contribution in [3.63, 3.8) is 0 Å². The third kappa shape index (κ3) is 2.66. The zero-order chi connectivity index (χ0) is 13.1. The molecule has 1 saturated heterocycles. The third-order valence-electron chi connectivity index (χ3n) is 4.00. The quantitative estimate of drug-likeness (QED) is 0.832. The monoisotopic (exact) mass is 248 g/mol. The van der Waals surface area contributed by atoms with Crippen molar-refractivity contribution in [1.29, 1.82) is 0 Å². The number of allylic oxidation sites excluding steroid dienone is 2. The fraction of sp³-hybridized carbons (Fsp3) is 0.667. The highest BCUT2D eigenvalue weighted by atomic mass is 16.2. The predicted molar refractivity (Wildman–Crippen MR) is 74.1 cm³/mol. The van der Waals surface area contributed by atoms with Crippen molar-refractivity contribution < 1.29 is 4.79 Å². The second-order valence-corrected chi connectivity index (χ2v) is 5.43. The number of nitrogens with one attached hydrogen (secondary N) is 1. The van der Waals surface area contributed by atoms with E-state index in [2.05, 4.69) is 37.1 Å². The van der Waals surface area contributed by atoms with Gasteiger partial charge in [0.2, 0.25) is 5.91 Å². The van der Waals surface area contributed by atoms with Crippen molar-refractivity contribution in [3.8, 4) is 0 Å². The molecule has 1 amide bonds. The average molecular weight is 248 g/mol. The van der Waals surface area contributed by atoms with Gasteiger partial charge in [-0.3, -0.25) is 4.79 Å². The van der Waals surface area contributed by atoms with Gasteiger partial charge in [0.05, 0.1) is 6.42 Å².